The SMILES string of the molecule is CCCCCc1ccc(-c2ccc(-c3ccc(-c4ccc(-c5ccc(CCC)cc5F)s4)c4nsnc34)s2)c(F)c1. The van der Waals surface area contributed by atoms with E-state index in [9.17, 15) is 4.39 Å². The summed E-state index contributed by atoms with van der Waals surface area (Å²) in [5.41, 5.74) is 6.96. The molecule has 0 amide bonds. The van der Waals surface area contributed by atoms with Crippen molar-refractivity contribution in [2.24, 2.45) is 0 Å². The van der Waals surface area contributed by atoms with Crippen molar-refractivity contribution in [3.8, 4) is 41.8 Å². The van der Waals surface area contributed by atoms with Gasteiger partial charge in [0.25, 0.3) is 0 Å². The largest absolute Gasteiger partial charge is 0.206 e. The number of halogens is 2. The minimum absolute atomic E-state index is 0.173. The summed E-state index contributed by atoms with van der Waals surface area (Å²) < 4.78 is 39.3. The van der Waals surface area contributed by atoms with Crippen molar-refractivity contribution < 1.29 is 8.78 Å². The molecule has 2 nitrogen and oxygen atoms in total. The quantitative estimate of drug-likeness (QED) is 0.146. The summed E-state index contributed by atoms with van der Waals surface area (Å²) in [6.07, 6.45) is 6.18. The molecule has 0 spiro atoms. The first-order valence-electron chi connectivity index (χ1n) is 14.1. The van der Waals surface area contributed by atoms with Gasteiger partial charge in [0.05, 0.1) is 11.7 Å². The van der Waals surface area contributed by atoms with Crippen LogP contribution in [0.2, 0.25) is 0 Å². The summed E-state index contributed by atoms with van der Waals surface area (Å²) in [6, 6.07) is 23.4. The van der Waals surface area contributed by atoms with E-state index in [1.165, 1.54) is 11.7 Å². The number of hydrogen-bond donors (Lipinski definition) is 0. The van der Waals surface area contributed by atoms with Crippen molar-refractivity contribution >= 4 is 45.4 Å². The first-order chi connectivity index (χ1) is 20.1. The number of nitrogens with zero attached hydrogens (tertiary/aromatic N) is 2. The zero-order chi connectivity index (χ0) is 28.3. The Morgan fingerprint density at radius 1 is 0.537 bits per heavy atom. The van der Waals surface area contributed by atoms with Gasteiger partial charge in [0.1, 0.15) is 22.7 Å². The van der Waals surface area contributed by atoms with Gasteiger partial charge in [-0.2, -0.15) is 8.75 Å². The fourth-order valence-corrected chi connectivity index (χ4v) is 7.91. The fraction of sp³-hybridized carbons (Fsp3) is 0.235. The summed E-state index contributed by atoms with van der Waals surface area (Å²) in [6.45, 7) is 4.27. The van der Waals surface area contributed by atoms with E-state index in [2.05, 4.69) is 34.7 Å². The van der Waals surface area contributed by atoms with Gasteiger partial charge in [-0.3, -0.25) is 0 Å². The van der Waals surface area contributed by atoms with Gasteiger partial charge in [0.2, 0.25) is 0 Å². The van der Waals surface area contributed by atoms with Crippen LogP contribution in [0.5, 0.6) is 0 Å². The van der Waals surface area contributed by atoms with Crippen LogP contribution in [0.1, 0.15) is 50.7 Å². The van der Waals surface area contributed by atoms with E-state index < -0.39 is 0 Å². The van der Waals surface area contributed by atoms with Gasteiger partial charge >= 0.3 is 0 Å². The standard InChI is InChI=1S/C34H30F2N2S3/c1-3-5-6-8-22-10-12-24(28(36)20-22)30-16-18-32(40-30)26-14-13-25(33-34(26)38-41-37-33)31-17-15-29(39-31)23-11-9-21(7-4-2)19-27(23)35/h9-20H,3-8H2,1-2H3. The normalized spacial score (nSPS) is 11.5. The molecule has 0 aliphatic rings. The molecular formula is C34H30F2N2S3. The average Bonchev–Trinajstić information content (AvgIpc) is 3.75. The van der Waals surface area contributed by atoms with Crippen LogP contribution < -0.4 is 0 Å². The minimum atomic E-state index is -0.184. The monoisotopic (exact) mass is 600 g/mol. The maximum absolute atomic E-state index is 15.1. The van der Waals surface area contributed by atoms with Crippen LogP contribution in [0, 0.1) is 11.6 Å². The Bertz CT molecular complexity index is 1810. The molecule has 0 aliphatic heterocycles. The molecule has 208 valence electrons. The number of benzene rings is 3. The molecule has 7 heteroatoms. The first kappa shape index (κ1) is 27.9. The molecule has 3 heterocycles. The van der Waals surface area contributed by atoms with Gasteiger partial charge in [-0.1, -0.05) is 69.5 Å². The van der Waals surface area contributed by atoms with Crippen molar-refractivity contribution in [3.05, 3.63) is 95.6 Å². The third-order valence-electron chi connectivity index (χ3n) is 7.36. The highest BCUT2D eigenvalue weighted by Gasteiger charge is 2.18. The van der Waals surface area contributed by atoms with Crippen molar-refractivity contribution in [2.45, 2.75) is 52.4 Å². The van der Waals surface area contributed by atoms with Crippen molar-refractivity contribution in [2.75, 3.05) is 0 Å². The summed E-state index contributed by atoms with van der Waals surface area (Å²) in [5, 5.41) is 0. The third kappa shape index (κ3) is 5.76. The van der Waals surface area contributed by atoms with E-state index in [1.807, 2.05) is 48.5 Å². The van der Waals surface area contributed by atoms with Crippen molar-refractivity contribution in [1.29, 1.82) is 0 Å². The Morgan fingerprint density at radius 3 is 1.46 bits per heavy atom. The maximum Gasteiger partial charge on any atom is 0.132 e. The van der Waals surface area contributed by atoms with E-state index in [4.69, 9.17) is 0 Å². The number of hydrogen-bond acceptors (Lipinski definition) is 5. The van der Waals surface area contributed by atoms with Gasteiger partial charge in [0, 0.05) is 41.8 Å². The van der Waals surface area contributed by atoms with Crippen LogP contribution >= 0.6 is 34.4 Å². The zero-order valence-electron chi connectivity index (χ0n) is 23.0. The second kappa shape index (κ2) is 12.3. The topological polar surface area (TPSA) is 25.8 Å². The predicted octanol–water partition coefficient (Wildman–Crippen LogP) is 11.4. The molecular weight excluding hydrogens is 571 g/mol. The molecule has 0 radical (unpaired) electrons. The summed E-state index contributed by atoms with van der Waals surface area (Å²) in [5.74, 6) is -0.357. The van der Waals surface area contributed by atoms with E-state index in [-0.39, 0.29) is 11.6 Å². The summed E-state index contributed by atoms with van der Waals surface area (Å²) >= 11 is 4.31. The number of fused-ring (bicyclic) bond motifs is 1. The molecule has 3 aromatic carbocycles. The highest BCUT2D eigenvalue weighted by atomic mass is 32.1. The number of aryl methyl sites for hydroxylation is 2. The number of unbranched alkanes of at least 4 members (excludes halogenated alkanes) is 2. The Labute approximate surface area is 251 Å². The van der Waals surface area contributed by atoms with Gasteiger partial charge in [-0.25, -0.2) is 8.78 Å². The predicted molar refractivity (Wildman–Crippen MR) is 172 cm³/mol. The lowest BCUT2D eigenvalue weighted by atomic mass is 10.0. The lowest BCUT2D eigenvalue weighted by Gasteiger charge is -2.06. The molecule has 0 N–H and O–H groups in total. The molecule has 0 saturated carbocycles. The van der Waals surface area contributed by atoms with E-state index >= 15 is 4.39 Å². The molecule has 41 heavy (non-hydrogen) atoms. The molecule has 0 atom stereocenters. The van der Waals surface area contributed by atoms with E-state index in [1.54, 1.807) is 34.8 Å². The zero-order valence-corrected chi connectivity index (χ0v) is 25.5. The smallest absolute Gasteiger partial charge is 0.132 e. The summed E-state index contributed by atoms with van der Waals surface area (Å²) in [7, 11) is 0. The molecule has 3 aromatic heterocycles. The fourth-order valence-electron chi connectivity index (χ4n) is 5.21. The van der Waals surface area contributed by atoms with Gasteiger partial charge in [0.15, 0.2) is 0 Å². The average molecular weight is 601 g/mol. The molecule has 6 rings (SSSR count). The maximum atomic E-state index is 15.1. The molecule has 0 aliphatic carbocycles. The lowest BCUT2D eigenvalue weighted by Crippen LogP contribution is -1.89. The van der Waals surface area contributed by atoms with E-state index in [0.717, 1.165) is 91.3 Å². The number of aromatic nitrogens is 2. The Kier molecular flexibility index (Phi) is 8.37. The Hall–Kier alpha value is -3.26. The minimum Gasteiger partial charge on any atom is -0.206 e. The van der Waals surface area contributed by atoms with Crippen LogP contribution in [-0.2, 0) is 12.8 Å². The summed E-state index contributed by atoms with van der Waals surface area (Å²) in [4.78, 5) is 3.83. The molecule has 0 fully saturated rings. The highest BCUT2D eigenvalue weighted by molar-refractivity contribution is 7.19. The highest BCUT2D eigenvalue weighted by Crippen LogP contribution is 2.43. The van der Waals surface area contributed by atoms with Gasteiger partial charge in [-0.15, -0.1) is 22.7 Å². The van der Waals surface area contributed by atoms with Crippen molar-refractivity contribution in [1.82, 2.24) is 8.75 Å². The molecule has 6 aromatic rings. The first-order valence-corrected chi connectivity index (χ1v) is 16.4. The number of rotatable bonds is 10. The van der Waals surface area contributed by atoms with Gasteiger partial charge in [-0.05, 0) is 66.8 Å². The Balaban J connectivity index is 1.28. The van der Waals surface area contributed by atoms with Crippen LogP contribution in [0.15, 0.2) is 72.8 Å². The van der Waals surface area contributed by atoms with E-state index in [0.29, 0.717) is 11.1 Å². The van der Waals surface area contributed by atoms with Crippen molar-refractivity contribution in [3.63, 3.8) is 0 Å². The Morgan fingerprint density at radius 2 is 1.00 bits per heavy atom. The second-order valence-corrected chi connectivity index (χ2v) is 13.0. The van der Waals surface area contributed by atoms with Crippen LogP contribution in [0.25, 0.3) is 52.8 Å². The lowest BCUT2D eigenvalue weighted by molar-refractivity contribution is 0.627. The molecule has 0 bridgehead atoms. The second-order valence-electron chi connectivity index (χ2n) is 10.3. The number of thiophene rings is 2. The van der Waals surface area contributed by atoms with Crippen LogP contribution in [-0.4, -0.2) is 8.75 Å². The van der Waals surface area contributed by atoms with Crippen LogP contribution in [0.3, 0.4) is 0 Å². The van der Waals surface area contributed by atoms with Crippen LogP contribution in [0.4, 0.5) is 8.78 Å². The molecule has 0 saturated heterocycles. The third-order valence-corrected chi connectivity index (χ3v) is 10.2. The van der Waals surface area contributed by atoms with Gasteiger partial charge < -0.3 is 0 Å². The molecule has 0 unspecified atom stereocenters.